The third kappa shape index (κ3) is 7.38. The third-order valence-electron chi connectivity index (χ3n) is 11.2. The van der Waals surface area contributed by atoms with Crippen molar-refractivity contribution in [2.45, 2.75) is 140 Å². The first-order valence-electron chi connectivity index (χ1n) is 17.3. The van der Waals surface area contributed by atoms with Crippen molar-refractivity contribution in [1.29, 1.82) is 0 Å². The zero-order chi connectivity index (χ0) is 29.3. The summed E-state index contributed by atoms with van der Waals surface area (Å²) in [5.41, 5.74) is 3.14. The van der Waals surface area contributed by atoms with Crippen LogP contribution in [0.15, 0.2) is 18.3 Å². The van der Waals surface area contributed by atoms with Crippen LogP contribution >= 0.6 is 11.9 Å². The van der Waals surface area contributed by atoms with Gasteiger partial charge in [0.25, 0.3) is 0 Å². The Kier molecular flexibility index (Phi) is 9.91. The second-order valence-electron chi connectivity index (χ2n) is 15.8. The smallest absolute Gasteiger partial charge is 0.0690 e. The van der Waals surface area contributed by atoms with Crippen molar-refractivity contribution in [2.75, 3.05) is 26.2 Å². The van der Waals surface area contributed by atoms with Crippen molar-refractivity contribution >= 4 is 11.9 Å². The molecule has 0 aromatic carbocycles. The molecule has 7 nitrogen and oxygen atoms in total. The van der Waals surface area contributed by atoms with E-state index in [4.69, 9.17) is 4.98 Å². The van der Waals surface area contributed by atoms with Crippen LogP contribution in [-0.2, 0) is 0 Å². The summed E-state index contributed by atoms with van der Waals surface area (Å²) in [7, 11) is 0. The number of hydrogen-bond acceptors (Lipinski definition) is 8. The summed E-state index contributed by atoms with van der Waals surface area (Å²) in [5.74, 6) is 2.00. The lowest BCUT2D eigenvalue weighted by Crippen LogP contribution is -2.63. The molecule has 6 heterocycles. The number of fused-ring (bicyclic) bond motifs is 6. The van der Waals surface area contributed by atoms with Gasteiger partial charge in [-0.25, -0.2) is 0 Å². The van der Waals surface area contributed by atoms with Crippen LogP contribution in [0.2, 0.25) is 0 Å². The maximum Gasteiger partial charge on any atom is 0.0690 e. The normalized spacial score (nSPS) is 38.7. The van der Waals surface area contributed by atoms with Gasteiger partial charge in [0.1, 0.15) is 0 Å². The average molecular weight is 598 g/mol. The lowest BCUT2D eigenvalue weighted by Gasteiger charge is -2.50. The molecule has 6 rings (SSSR count). The summed E-state index contributed by atoms with van der Waals surface area (Å²) in [6.45, 7) is 16.8. The largest absolute Gasteiger partial charge is 0.317 e. The van der Waals surface area contributed by atoms with Crippen molar-refractivity contribution in [1.82, 2.24) is 35.9 Å². The molecule has 7 unspecified atom stereocenters. The summed E-state index contributed by atoms with van der Waals surface area (Å²) < 4.78 is 3.87. The number of aromatic nitrogens is 1. The topological polar surface area (TPSA) is 76.3 Å². The highest BCUT2D eigenvalue weighted by molar-refractivity contribution is 7.98. The minimum absolute atomic E-state index is 0.209. The molecular formula is C34H59N7S. The second-order valence-corrected chi connectivity index (χ2v) is 16.9. The van der Waals surface area contributed by atoms with E-state index in [1.807, 2.05) is 11.9 Å². The monoisotopic (exact) mass is 597 g/mol. The van der Waals surface area contributed by atoms with E-state index >= 15 is 0 Å². The van der Waals surface area contributed by atoms with Crippen molar-refractivity contribution in [3.05, 3.63) is 29.6 Å². The molecular weight excluding hydrogens is 538 g/mol. The Hall–Kier alpha value is -0.740. The van der Waals surface area contributed by atoms with Crippen LogP contribution in [0.1, 0.15) is 122 Å². The van der Waals surface area contributed by atoms with Gasteiger partial charge in [0.05, 0.1) is 29.4 Å². The first-order chi connectivity index (χ1) is 20.2. The molecule has 5 aliphatic rings. The summed E-state index contributed by atoms with van der Waals surface area (Å²) >= 11 is 1.94. The fourth-order valence-corrected chi connectivity index (χ4v) is 9.69. The molecule has 8 atom stereocenters. The van der Waals surface area contributed by atoms with Crippen molar-refractivity contribution in [3.63, 3.8) is 0 Å². The van der Waals surface area contributed by atoms with Gasteiger partial charge < -0.3 is 5.32 Å². The van der Waals surface area contributed by atoms with Crippen molar-refractivity contribution in [3.8, 4) is 0 Å². The van der Waals surface area contributed by atoms with E-state index in [2.05, 4.69) is 83.8 Å². The number of pyridine rings is 1. The second kappa shape index (κ2) is 13.3. The third-order valence-corrected chi connectivity index (χ3v) is 12.2. The van der Waals surface area contributed by atoms with Gasteiger partial charge in [0.15, 0.2) is 0 Å². The van der Waals surface area contributed by atoms with Gasteiger partial charge in [-0.3, -0.25) is 30.6 Å². The Bertz CT molecular complexity index is 1000. The molecule has 0 amide bonds. The minimum atomic E-state index is 0.209. The van der Waals surface area contributed by atoms with E-state index in [1.54, 1.807) is 0 Å². The van der Waals surface area contributed by atoms with Gasteiger partial charge in [0, 0.05) is 36.8 Å². The predicted octanol–water partition coefficient (Wildman–Crippen LogP) is 5.48. The van der Waals surface area contributed by atoms with Crippen molar-refractivity contribution < 1.29 is 0 Å². The molecule has 5 saturated heterocycles. The highest BCUT2D eigenvalue weighted by Gasteiger charge is 2.47. The van der Waals surface area contributed by atoms with E-state index in [0.29, 0.717) is 35.6 Å². The van der Waals surface area contributed by atoms with Crippen molar-refractivity contribution in [2.24, 2.45) is 17.3 Å². The maximum absolute atomic E-state index is 5.13. The van der Waals surface area contributed by atoms with Gasteiger partial charge in [-0.15, -0.1) is 0 Å². The summed E-state index contributed by atoms with van der Waals surface area (Å²) in [5, 5.41) is 16.2. The van der Waals surface area contributed by atoms with Crippen LogP contribution in [-0.4, -0.2) is 65.3 Å². The van der Waals surface area contributed by atoms with Gasteiger partial charge in [-0.05, 0) is 120 Å². The molecule has 5 fully saturated rings. The zero-order valence-electron chi connectivity index (χ0n) is 27.1. The van der Waals surface area contributed by atoms with Gasteiger partial charge >= 0.3 is 0 Å². The first-order valence-corrected chi connectivity index (χ1v) is 18.1. The zero-order valence-corrected chi connectivity index (χ0v) is 27.9. The molecule has 1 aromatic rings. The predicted molar refractivity (Wildman–Crippen MR) is 176 cm³/mol. The van der Waals surface area contributed by atoms with E-state index in [9.17, 15) is 0 Å². The standard InChI is InChI=1S/C34H59N7S/c1-33(2,3)29-14-11-26-21-37-42-31-8-6-7-30(40-31)38-28(12-9-23-19-34(4,5)41(22-23)32(26)39-29)27-13-10-25(20-36-27)24-15-17-35-18-16-24/h10,13,20,23-24,26,28-32,35,37-40H,6-9,11-12,14-19,21-22H2,1-5H3/t23-,26?,28?,29?,30?,31?,32?/m0/s1. The molecule has 0 aliphatic carbocycles. The molecule has 4 bridgehead atoms. The van der Waals surface area contributed by atoms with Crippen LogP contribution in [0.5, 0.6) is 0 Å². The van der Waals surface area contributed by atoms with Crippen LogP contribution in [0.25, 0.3) is 0 Å². The summed E-state index contributed by atoms with van der Waals surface area (Å²) in [4.78, 5) is 8.00. The fraction of sp³-hybridized carbons (Fsp3) is 0.853. The highest BCUT2D eigenvalue weighted by Crippen LogP contribution is 2.42. The molecule has 236 valence electrons. The van der Waals surface area contributed by atoms with Gasteiger partial charge in [-0.2, -0.15) is 0 Å². The lowest BCUT2D eigenvalue weighted by molar-refractivity contribution is 0.00552. The number of hydrogen-bond donors (Lipinski definition) is 5. The Balaban J connectivity index is 1.22. The van der Waals surface area contributed by atoms with Gasteiger partial charge in [0.2, 0.25) is 0 Å². The lowest BCUT2D eigenvalue weighted by atomic mass is 9.78. The molecule has 42 heavy (non-hydrogen) atoms. The number of piperidine rings is 3. The van der Waals surface area contributed by atoms with Crippen LogP contribution < -0.4 is 26.0 Å². The average Bonchev–Trinajstić information content (AvgIpc) is 3.28. The van der Waals surface area contributed by atoms with E-state index < -0.39 is 0 Å². The summed E-state index contributed by atoms with van der Waals surface area (Å²) in [6, 6.07) is 5.58. The van der Waals surface area contributed by atoms with E-state index in [1.165, 1.54) is 75.6 Å². The fourth-order valence-electron chi connectivity index (χ4n) is 8.66. The van der Waals surface area contributed by atoms with Crippen LogP contribution in [0.4, 0.5) is 0 Å². The molecule has 5 N–H and O–H groups in total. The molecule has 5 aliphatic heterocycles. The van der Waals surface area contributed by atoms with Crippen LogP contribution in [0.3, 0.4) is 0 Å². The maximum atomic E-state index is 5.13. The molecule has 0 radical (unpaired) electrons. The molecule has 0 saturated carbocycles. The Morgan fingerprint density at radius 1 is 0.929 bits per heavy atom. The Morgan fingerprint density at radius 3 is 2.52 bits per heavy atom. The van der Waals surface area contributed by atoms with E-state index in [-0.39, 0.29) is 17.0 Å². The van der Waals surface area contributed by atoms with Crippen LogP contribution in [0, 0.1) is 17.3 Å². The number of nitrogens with one attached hydrogen (secondary N) is 5. The van der Waals surface area contributed by atoms with E-state index in [0.717, 1.165) is 32.0 Å². The quantitative estimate of drug-likeness (QED) is 0.287. The Morgan fingerprint density at radius 2 is 1.76 bits per heavy atom. The first kappa shape index (κ1) is 31.3. The highest BCUT2D eigenvalue weighted by atomic mass is 32.2. The Labute approximate surface area is 260 Å². The SMILES string of the molecule is CC(C)(C)C1CCC2CNSC3CCCC(N3)NC(c3ccc(C4CCNCC4)cn3)CC[C@@H]3CN(C2N1)C(C)(C)C3. The molecule has 0 spiro atoms. The summed E-state index contributed by atoms with van der Waals surface area (Å²) in [6.07, 6.45) is 15.3. The van der Waals surface area contributed by atoms with Gasteiger partial charge in [-0.1, -0.05) is 38.8 Å². The molecule has 1 aromatic heterocycles. The number of nitrogens with zero attached hydrogens (tertiary/aromatic N) is 2. The number of rotatable bonds is 2. The minimum Gasteiger partial charge on any atom is -0.317 e. The molecule has 8 heteroatoms.